The van der Waals surface area contributed by atoms with Crippen molar-refractivity contribution >= 4 is 25.4 Å². The summed E-state index contributed by atoms with van der Waals surface area (Å²) in [4.78, 5) is 12.1. The number of fused-ring (bicyclic) bond motifs is 2. The van der Waals surface area contributed by atoms with Crippen molar-refractivity contribution in [2.45, 2.75) is 37.7 Å². The normalized spacial score (nSPS) is 37.0. The summed E-state index contributed by atoms with van der Waals surface area (Å²) in [5.41, 5.74) is 3.60. The number of hydrogen-bond donors (Lipinski definition) is 1. The van der Waals surface area contributed by atoms with Gasteiger partial charge in [0.2, 0.25) is 11.8 Å². The van der Waals surface area contributed by atoms with Crippen molar-refractivity contribution in [1.82, 2.24) is 19.5 Å². The number of ether oxygens (including phenoxy) is 2. The smallest absolute Gasteiger partial charge is 0.319 e. The summed E-state index contributed by atoms with van der Waals surface area (Å²) >= 11 is 0. The SMILES string of the molecule is CCOc1nc(N)nc2c1ncn2[C@@H]1O[C@]2(F)CO[PH](=O)OC2[C@@]1(C)F. The van der Waals surface area contributed by atoms with Crippen molar-refractivity contribution in [1.29, 1.82) is 0 Å². The first-order valence-corrected chi connectivity index (χ1v) is 9.00. The van der Waals surface area contributed by atoms with Crippen LogP contribution in [0.3, 0.4) is 0 Å². The van der Waals surface area contributed by atoms with Crippen molar-refractivity contribution < 1.29 is 31.9 Å². The maximum atomic E-state index is 15.4. The second-order valence-electron chi connectivity index (χ2n) is 6.09. The minimum absolute atomic E-state index is 0.102. The maximum absolute atomic E-state index is 15.4. The number of nitrogens with zero attached hydrogens (tertiary/aromatic N) is 4. The Hall–Kier alpha value is -1.88. The Morgan fingerprint density at radius 3 is 3.00 bits per heavy atom. The van der Waals surface area contributed by atoms with Crippen LogP contribution in [0.2, 0.25) is 0 Å². The van der Waals surface area contributed by atoms with Gasteiger partial charge in [0.25, 0.3) is 5.85 Å². The number of nitrogens with two attached hydrogens (primary N) is 1. The monoisotopic (exact) mass is 391 g/mol. The molecule has 0 radical (unpaired) electrons. The highest BCUT2D eigenvalue weighted by Gasteiger charge is 2.68. The number of alkyl halides is 2. The van der Waals surface area contributed by atoms with Crippen LogP contribution >= 0.6 is 8.25 Å². The molecule has 0 bridgehead atoms. The molecular formula is C13H16F2N5O5P. The molecule has 4 heterocycles. The molecule has 0 saturated carbocycles. The van der Waals surface area contributed by atoms with Gasteiger partial charge in [-0.1, -0.05) is 0 Å². The van der Waals surface area contributed by atoms with Crippen LogP contribution in [-0.4, -0.2) is 50.4 Å². The maximum Gasteiger partial charge on any atom is 0.319 e. The van der Waals surface area contributed by atoms with Gasteiger partial charge in [0.1, 0.15) is 6.61 Å². The summed E-state index contributed by atoms with van der Waals surface area (Å²) in [7, 11) is -3.01. The molecule has 2 aliphatic heterocycles. The Labute approximate surface area is 146 Å². The summed E-state index contributed by atoms with van der Waals surface area (Å²) < 4.78 is 63.3. The third-order valence-corrected chi connectivity index (χ3v) is 5.04. The zero-order valence-electron chi connectivity index (χ0n) is 13.8. The molecule has 2 aromatic rings. The van der Waals surface area contributed by atoms with Crippen molar-refractivity contribution in [3.63, 3.8) is 0 Å². The highest BCUT2D eigenvalue weighted by Crippen LogP contribution is 2.55. The number of anilines is 1. The number of rotatable bonds is 3. The van der Waals surface area contributed by atoms with Crippen LogP contribution in [-0.2, 0) is 18.3 Å². The van der Waals surface area contributed by atoms with E-state index >= 15 is 4.39 Å². The van der Waals surface area contributed by atoms with Crippen molar-refractivity contribution in [2.24, 2.45) is 0 Å². The second-order valence-corrected chi connectivity index (χ2v) is 7.11. The van der Waals surface area contributed by atoms with E-state index < -0.39 is 38.7 Å². The molecule has 13 heteroatoms. The van der Waals surface area contributed by atoms with Gasteiger partial charge in [0.05, 0.1) is 12.9 Å². The predicted molar refractivity (Wildman–Crippen MR) is 84.2 cm³/mol. The Morgan fingerprint density at radius 1 is 1.50 bits per heavy atom. The molecule has 2 fully saturated rings. The molecule has 0 aromatic carbocycles. The molecule has 2 unspecified atom stereocenters. The molecular weight excluding hydrogens is 375 g/mol. The fourth-order valence-corrected chi connectivity index (χ4v) is 4.14. The average molecular weight is 391 g/mol. The lowest BCUT2D eigenvalue weighted by Gasteiger charge is -2.32. The Kier molecular flexibility index (Phi) is 3.92. The second kappa shape index (κ2) is 5.81. The summed E-state index contributed by atoms with van der Waals surface area (Å²) in [6.07, 6.45) is -2.03. The van der Waals surface area contributed by atoms with Gasteiger partial charge < -0.3 is 19.7 Å². The minimum Gasteiger partial charge on any atom is -0.476 e. The first kappa shape index (κ1) is 17.5. The fourth-order valence-electron chi connectivity index (χ4n) is 3.16. The molecule has 26 heavy (non-hydrogen) atoms. The lowest BCUT2D eigenvalue weighted by atomic mass is 9.97. The lowest BCUT2D eigenvalue weighted by Crippen LogP contribution is -2.49. The van der Waals surface area contributed by atoms with Crippen LogP contribution in [0.1, 0.15) is 20.1 Å². The van der Waals surface area contributed by atoms with Crippen LogP contribution in [0.4, 0.5) is 14.7 Å². The molecule has 5 atom stereocenters. The number of nitrogen functional groups attached to an aromatic ring is 1. The van der Waals surface area contributed by atoms with Crippen LogP contribution in [0.15, 0.2) is 6.33 Å². The summed E-state index contributed by atoms with van der Waals surface area (Å²) in [6, 6.07) is 0. The molecule has 10 nitrogen and oxygen atoms in total. The Balaban J connectivity index is 1.82. The third kappa shape index (κ3) is 2.48. The van der Waals surface area contributed by atoms with Gasteiger partial charge in [-0.15, -0.1) is 0 Å². The Bertz CT molecular complexity index is 895. The molecule has 0 aliphatic carbocycles. The number of hydrogen-bond acceptors (Lipinski definition) is 9. The van der Waals surface area contributed by atoms with E-state index in [1.54, 1.807) is 6.92 Å². The molecule has 2 N–H and O–H groups in total. The van der Waals surface area contributed by atoms with E-state index in [1.165, 1.54) is 10.9 Å². The van der Waals surface area contributed by atoms with E-state index in [0.717, 1.165) is 6.92 Å². The lowest BCUT2D eigenvalue weighted by molar-refractivity contribution is -0.211. The number of aromatic nitrogens is 4. The van der Waals surface area contributed by atoms with Crippen molar-refractivity contribution in [2.75, 3.05) is 18.9 Å². The summed E-state index contributed by atoms with van der Waals surface area (Å²) in [5, 5.41) is 0. The van der Waals surface area contributed by atoms with Gasteiger partial charge in [-0.05, 0) is 13.8 Å². The van der Waals surface area contributed by atoms with E-state index in [9.17, 15) is 8.96 Å². The van der Waals surface area contributed by atoms with E-state index in [0.29, 0.717) is 6.61 Å². The highest BCUT2D eigenvalue weighted by molar-refractivity contribution is 7.33. The molecule has 2 aliphatic rings. The quantitative estimate of drug-likeness (QED) is 0.776. The standard InChI is InChI=1S/C13H16F2N5O5P/c1-3-22-8-6-7(18-11(16)19-8)20(5-17-6)10-12(2,14)9-13(15,24-10)4-23-26(21)25-9/h5,9-10,26H,3-4H2,1-2H3,(H2,16,18,19)/t9?,10-,12-,13-/m1/s1. The largest absolute Gasteiger partial charge is 0.476 e. The predicted octanol–water partition coefficient (Wildman–Crippen LogP) is 1.54. The van der Waals surface area contributed by atoms with Gasteiger partial charge in [-0.25, -0.2) is 13.8 Å². The Morgan fingerprint density at radius 2 is 2.27 bits per heavy atom. The zero-order chi connectivity index (χ0) is 18.7. The van der Waals surface area contributed by atoms with Crippen LogP contribution in [0.25, 0.3) is 11.2 Å². The van der Waals surface area contributed by atoms with E-state index in [1.807, 2.05) is 0 Å². The molecule has 0 spiro atoms. The fraction of sp³-hybridized carbons (Fsp3) is 0.615. The van der Waals surface area contributed by atoms with Crippen molar-refractivity contribution in [3.05, 3.63) is 6.33 Å². The van der Waals surface area contributed by atoms with Crippen molar-refractivity contribution in [3.8, 4) is 5.88 Å². The van der Waals surface area contributed by atoms with Gasteiger partial charge in [0.15, 0.2) is 29.2 Å². The molecule has 2 saturated heterocycles. The van der Waals surface area contributed by atoms with Crippen LogP contribution in [0.5, 0.6) is 5.88 Å². The first-order chi connectivity index (χ1) is 12.3. The average Bonchev–Trinajstić information content (AvgIpc) is 3.06. The van der Waals surface area contributed by atoms with Gasteiger partial charge in [-0.2, -0.15) is 9.97 Å². The van der Waals surface area contributed by atoms with Gasteiger partial charge in [-0.3, -0.25) is 13.7 Å². The highest BCUT2D eigenvalue weighted by atomic mass is 31.1. The minimum atomic E-state index is -3.01. The van der Waals surface area contributed by atoms with Crippen LogP contribution < -0.4 is 10.5 Å². The molecule has 0 amide bonds. The van der Waals surface area contributed by atoms with Gasteiger partial charge in [0, 0.05) is 0 Å². The van der Waals surface area contributed by atoms with E-state index in [-0.39, 0.29) is 23.0 Å². The van der Waals surface area contributed by atoms with Crippen LogP contribution in [0, 0.1) is 0 Å². The molecule has 2 aromatic heterocycles. The topological polar surface area (TPSA) is 124 Å². The summed E-state index contributed by atoms with van der Waals surface area (Å²) in [6.45, 7) is 2.43. The first-order valence-electron chi connectivity index (χ1n) is 7.78. The zero-order valence-corrected chi connectivity index (χ0v) is 14.8. The summed E-state index contributed by atoms with van der Waals surface area (Å²) in [5.74, 6) is -2.62. The van der Waals surface area contributed by atoms with E-state index in [2.05, 4.69) is 19.5 Å². The van der Waals surface area contributed by atoms with E-state index in [4.69, 9.17) is 19.7 Å². The molecule has 4 rings (SSSR count). The third-order valence-electron chi connectivity index (χ3n) is 4.24. The van der Waals surface area contributed by atoms with Gasteiger partial charge >= 0.3 is 8.25 Å². The molecule has 142 valence electrons. The number of halogens is 2. The number of imidazole rings is 1.